The van der Waals surface area contributed by atoms with Crippen LogP contribution in [0.1, 0.15) is 44.9 Å². The number of phenolic OH excluding ortho intramolecular Hbond substituents is 1. The first-order valence-corrected chi connectivity index (χ1v) is 10.5. The second-order valence-corrected chi connectivity index (χ2v) is 8.44. The van der Waals surface area contributed by atoms with Crippen LogP contribution in [0.4, 0.5) is 5.69 Å². The van der Waals surface area contributed by atoms with E-state index in [4.69, 9.17) is 11.6 Å². The number of nitriles is 1. The van der Waals surface area contributed by atoms with Crippen LogP contribution in [0.3, 0.4) is 0 Å². The molecule has 0 aromatic heterocycles. The number of rotatable bonds is 5. The van der Waals surface area contributed by atoms with E-state index in [1.165, 1.54) is 12.1 Å². The van der Waals surface area contributed by atoms with Crippen molar-refractivity contribution in [2.24, 2.45) is 5.92 Å². The van der Waals surface area contributed by atoms with Gasteiger partial charge in [0.2, 0.25) is 11.8 Å². The molecule has 2 fully saturated rings. The van der Waals surface area contributed by atoms with Crippen LogP contribution < -0.4 is 10.6 Å². The average Bonchev–Trinajstić information content (AvgIpc) is 2.72. The van der Waals surface area contributed by atoms with Gasteiger partial charge in [0.25, 0.3) is 0 Å². The van der Waals surface area contributed by atoms with Crippen LogP contribution >= 0.6 is 11.6 Å². The van der Waals surface area contributed by atoms with E-state index in [0.717, 1.165) is 19.3 Å². The Hall–Kier alpha value is -2.30. The highest BCUT2D eigenvalue weighted by Gasteiger charge is 2.34. The van der Waals surface area contributed by atoms with Crippen molar-refractivity contribution in [3.63, 3.8) is 0 Å². The number of anilines is 1. The third kappa shape index (κ3) is 5.62. The number of nitrogens with zero attached hydrogens (tertiary/aromatic N) is 2. The van der Waals surface area contributed by atoms with Gasteiger partial charge in [-0.2, -0.15) is 5.26 Å². The molecule has 3 rings (SSSR count). The molecule has 156 valence electrons. The molecule has 0 spiro atoms. The topological polar surface area (TPSA) is 105 Å². The van der Waals surface area contributed by atoms with Crippen LogP contribution in [0, 0.1) is 17.2 Å². The lowest BCUT2D eigenvalue weighted by molar-refractivity contribution is -0.124. The number of phenols is 1. The maximum absolute atomic E-state index is 12.5. The van der Waals surface area contributed by atoms with Crippen molar-refractivity contribution in [2.75, 3.05) is 25.0 Å². The summed E-state index contributed by atoms with van der Waals surface area (Å²) in [4.78, 5) is 27.0. The SMILES string of the molecule is N#CC1(NC(=O)CN2CCC(C(=O)Nc3cc(Cl)ccc3O)CC2)CCCCC1. The Kier molecular flexibility index (Phi) is 6.99. The summed E-state index contributed by atoms with van der Waals surface area (Å²) in [5.41, 5.74) is -0.412. The number of carbonyl (C=O) groups excluding carboxylic acids is 2. The van der Waals surface area contributed by atoms with Gasteiger partial charge in [0, 0.05) is 10.9 Å². The Morgan fingerprint density at radius 3 is 2.59 bits per heavy atom. The van der Waals surface area contributed by atoms with Crippen molar-refractivity contribution in [3.05, 3.63) is 23.2 Å². The summed E-state index contributed by atoms with van der Waals surface area (Å²) in [5, 5.41) is 25.5. The fraction of sp³-hybridized carbons (Fsp3) is 0.571. The van der Waals surface area contributed by atoms with Crippen LogP contribution in [0.2, 0.25) is 5.02 Å². The number of aromatic hydroxyl groups is 1. The van der Waals surface area contributed by atoms with Crippen LogP contribution in [0.15, 0.2) is 18.2 Å². The van der Waals surface area contributed by atoms with Crippen LogP contribution in [-0.4, -0.2) is 47.0 Å². The second-order valence-electron chi connectivity index (χ2n) is 8.00. The number of nitrogens with one attached hydrogen (secondary N) is 2. The van der Waals surface area contributed by atoms with E-state index in [0.29, 0.717) is 49.5 Å². The number of piperidine rings is 1. The maximum Gasteiger partial charge on any atom is 0.235 e. The molecule has 0 atom stereocenters. The van der Waals surface area contributed by atoms with E-state index in [1.54, 1.807) is 6.07 Å². The fourth-order valence-electron chi connectivity index (χ4n) is 4.13. The zero-order valence-electron chi connectivity index (χ0n) is 16.4. The molecule has 0 unspecified atom stereocenters. The van der Waals surface area contributed by atoms with Gasteiger partial charge in [-0.15, -0.1) is 0 Å². The summed E-state index contributed by atoms with van der Waals surface area (Å²) in [6.07, 6.45) is 5.74. The molecule has 29 heavy (non-hydrogen) atoms. The highest BCUT2D eigenvalue weighted by molar-refractivity contribution is 6.31. The number of amides is 2. The number of likely N-dealkylation sites (tertiary alicyclic amines) is 1. The van der Waals surface area contributed by atoms with Gasteiger partial charge in [0.15, 0.2) is 0 Å². The Morgan fingerprint density at radius 1 is 1.24 bits per heavy atom. The molecule has 1 aliphatic heterocycles. The van der Waals surface area contributed by atoms with Crippen molar-refractivity contribution >= 4 is 29.1 Å². The monoisotopic (exact) mass is 418 g/mol. The Morgan fingerprint density at radius 2 is 1.93 bits per heavy atom. The first-order chi connectivity index (χ1) is 13.9. The molecule has 1 aliphatic carbocycles. The first-order valence-electron chi connectivity index (χ1n) is 10.1. The number of carbonyl (C=O) groups is 2. The molecule has 3 N–H and O–H groups in total. The fourth-order valence-corrected chi connectivity index (χ4v) is 4.30. The van der Waals surface area contributed by atoms with Gasteiger partial charge in [-0.25, -0.2) is 0 Å². The number of halogens is 1. The molecule has 1 saturated heterocycles. The summed E-state index contributed by atoms with van der Waals surface area (Å²) >= 11 is 5.92. The summed E-state index contributed by atoms with van der Waals surface area (Å²) in [6.45, 7) is 1.51. The van der Waals surface area contributed by atoms with Gasteiger partial charge in [0.1, 0.15) is 11.3 Å². The minimum Gasteiger partial charge on any atom is -0.506 e. The summed E-state index contributed by atoms with van der Waals surface area (Å²) in [6, 6.07) is 6.82. The number of hydrogen-bond acceptors (Lipinski definition) is 5. The third-order valence-electron chi connectivity index (χ3n) is 5.84. The summed E-state index contributed by atoms with van der Waals surface area (Å²) in [5.74, 6) is -0.486. The van der Waals surface area contributed by atoms with Crippen LogP contribution in [-0.2, 0) is 9.59 Å². The second kappa shape index (κ2) is 9.47. The van der Waals surface area contributed by atoms with Gasteiger partial charge in [-0.3, -0.25) is 14.5 Å². The van der Waals surface area contributed by atoms with Crippen molar-refractivity contribution in [1.82, 2.24) is 10.2 Å². The van der Waals surface area contributed by atoms with Crippen molar-refractivity contribution in [1.29, 1.82) is 5.26 Å². The molecule has 0 radical (unpaired) electrons. The molecule has 0 bridgehead atoms. The van der Waals surface area contributed by atoms with E-state index >= 15 is 0 Å². The summed E-state index contributed by atoms with van der Waals surface area (Å²) in [7, 11) is 0. The maximum atomic E-state index is 12.5. The smallest absolute Gasteiger partial charge is 0.235 e. The molecular weight excluding hydrogens is 392 g/mol. The van der Waals surface area contributed by atoms with E-state index in [1.807, 2.05) is 4.90 Å². The Labute approximate surface area is 176 Å². The van der Waals surface area contributed by atoms with Crippen molar-refractivity contribution in [2.45, 2.75) is 50.5 Å². The number of hydrogen-bond donors (Lipinski definition) is 3. The Balaban J connectivity index is 1.46. The zero-order chi connectivity index (χ0) is 20.9. The largest absolute Gasteiger partial charge is 0.506 e. The van der Waals surface area contributed by atoms with Crippen LogP contribution in [0.25, 0.3) is 0 Å². The highest BCUT2D eigenvalue weighted by Crippen LogP contribution is 2.29. The highest BCUT2D eigenvalue weighted by atomic mass is 35.5. The van der Waals surface area contributed by atoms with E-state index in [-0.39, 0.29) is 30.0 Å². The Bertz CT molecular complexity index is 794. The average molecular weight is 419 g/mol. The third-order valence-corrected chi connectivity index (χ3v) is 6.08. The first kappa shape index (κ1) is 21.4. The zero-order valence-corrected chi connectivity index (χ0v) is 17.2. The lowest BCUT2D eigenvalue weighted by Crippen LogP contribution is -2.52. The minimum atomic E-state index is -0.716. The van der Waals surface area contributed by atoms with Gasteiger partial charge < -0.3 is 15.7 Å². The number of benzene rings is 1. The predicted octanol–water partition coefficient (Wildman–Crippen LogP) is 3.04. The molecule has 1 aromatic rings. The van der Waals surface area contributed by atoms with E-state index < -0.39 is 5.54 Å². The molecule has 1 heterocycles. The normalized spacial score (nSPS) is 19.9. The van der Waals surface area contributed by atoms with Gasteiger partial charge >= 0.3 is 0 Å². The summed E-state index contributed by atoms with van der Waals surface area (Å²) < 4.78 is 0. The predicted molar refractivity (Wildman–Crippen MR) is 110 cm³/mol. The van der Waals surface area contributed by atoms with Crippen LogP contribution in [0.5, 0.6) is 5.75 Å². The molecule has 7 nitrogen and oxygen atoms in total. The lowest BCUT2D eigenvalue weighted by atomic mass is 9.83. The van der Waals surface area contributed by atoms with Gasteiger partial charge in [-0.05, 0) is 57.0 Å². The van der Waals surface area contributed by atoms with Gasteiger partial charge in [-0.1, -0.05) is 30.9 Å². The lowest BCUT2D eigenvalue weighted by Gasteiger charge is -2.34. The molecular formula is C21H27ClN4O3. The van der Waals surface area contributed by atoms with Crippen molar-refractivity contribution < 1.29 is 14.7 Å². The van der Waals surface area contributed by atoms with E-state index in [2.05, 4.69) is 16.7 Å². The molecule has 1 saturated carbocycles. The van der Waals surface area contributed by atoms with Crippen molar-refractivity contribution in [3.8, 4) is 11.8 Å². The van der Waals surface area contributed by atoms with E-state index in [9.17, 15) is 20.0 Å². The van der Waals surface area contributed by atoms with Gasteiger partial charge in [0.05, 0.1) is 18.3 Å². The standard InChI is InChI=1S/C21H27ClN4O3/c22-16-4-5-18(27)17(12-16)24-20(29)15-6-10-26(11-7-15)13-19(28)25-21(14-23)8-2-1-3-9-21/h4-5,12,15,27H,1-3,6-11,13H2,(H,24,29)(H,25,28). The molecule has 2 aliphatic rings. The molecule has 2 amide bonds. The quantitative estimate of drug-likeness (QED) is 0.637. The molecule has 8 heteroatoms. The molecule has 1 aromatic carbocycles. The minimum absolute atomic E-state index is 0.0222.